The molecule has 0 N–H and O–H groups in total. The number of anilines is 1. The SMILES string of the molecule is CCC1CCCN(c2c(Cl)cccc2CCl)CC1. The van der Waals surface area contributed by atoms with Crippen molar-refractivity contribution in [3.63, 3.8) is 0 Å². The minimum absolute atomic E-state index is 0.531. The molecular formula is C15H21Cl2N. The Kier molecular flexibility index (Phi) is 5.20. The van der Waals surface area contributed by atoms with Crippen LogP contribution < -0.4 is 4.90 Å². The quantitative estimate of drug-likeness (QED) is 0.699. The molecule has 1 aliphatic heterocycles. The van der Waals surface area contributed by atoms with Crippen molar-refractivity contribution < 1.29 is 0 Å². The molecule has 0 aromatic heterocycles. The van der Waals surface area contributed by atoms with Crippen molar-refractivity contribution in [2.24, 2.45) is 5.92 Å². The molecule has 1 aliphatic rings. The van der Waals surface area contributed by atoms with Crippen LogP contribution >= 0.6 is 23.2 Å². The lowest BCUT2D eigenvalue weighted by atomic mass is 9.98. The molecule has 0 amide bonds. The van der Waals surface area contributed by atoms with Gasteiger partial charge in [0, 0.05) is 19.0 Å². The van der Waals surface area contributed by atoms with Crippen molar-refractivity contribution in [1.82, 2.24) is 0 Å². The van der Waals surface area contributed by atoms with Crippen molar-refractivity contribution in [3.05, 3.63) is 28.8 Å². The van der Waals surface area contributed by atoms with Crippen molar-refractivity contribution in [1.29, 1.82) is 0 Å². The molecule has 1 heterocycles. The van der Waals surface area contributed by atoms with E-state index < -0.39 is 0 Å². The second-order valence-electron chi connectivity index (χ2n) is 5.07. The van der Waals surface area contributed by atoms with E-state index in [1.807, 2.05) is 12.1 Å². The Morgan fingerprint density at radius 1 is 1.28 bits per heavy atom. The van der Waals surface area contributed by atoms with Crippen LogP contribution in [0.4, 0.5) is 5.69 Å². The number of halogens is 2. The van der Waals surface area contributed by atoms with Gasteiger partial charge in [-0.05, 0) is 36.8 Å². The van der Waals surface area contributed by atoms with Crippen LogP contribution in [0.2, 0.25) is 5.02 Å². The molecule has 0 radical (unpaired) electrons. The van der Waals surface area contributed by atoms with E-state index in [1.165, 1.54) is 25.7 Å². The lowest BCUT2D eigenvalue weighted by molar-refractivity contribution is 0.459. The molecule has 0 bridgehead atoms. The second-order valence-corrected chi connectivity index (χ2v) is 5.75. The van der Waals surface area contributed by atoms with Crippen LogP contribution in [0.25, 0.3) is 0 Å². The minimum atomic E-state index is 0.531. The molecule has 100 valence electrons. The number of alkyl halides is 1. The van der Waals surface area contributed by atoms with E-state index in [4.69, 9.17) is 23.2 Å². The molecular weight excluding hydrogens is 265 g/mol. The fourth-order valence-corrected chi connectivity index (χ4v) is 3.35. The first-order valence-corrected chi connectivity index (χ1v) is 7.75. The Morgan fingerprint density at radius 2 is 2.11 bits per heavy atom. The number of benzene rings is 1. The molecule has 1 fully saturated rings. The number of para-hydroxylation sites is 1. The van der Waals surface area contributed by atoms with Gasteiger partial charge in [-0.3, -0.25) is 0 Å². The highest BCUT2D eigenvalue weighted by Gasteiger charge is 2.19. The second kappa shape index (κ2) is 6.68. The van der Waals surface area contributed by atoms with Gasteiger partial charge in [-0.1, -0.05) is 37.1 Å². The molecule has 0 saturated carbocycles. The van der Waals surface area contributed by atoms with Gasteiger partial charge >= 0.3 is 0 Å². The minimum Gasteiger partial charge on any atom is -0.370 e. The Labute approximate surface area is 120 Å². The molecule has 1 atom stereocenters. The Hall–Kier alpha value is -0.400. The third kappa shape index (κ3) is 3.13. The molecule has 1 unspecified atom stereocenters. The first kappa shape index (κ1) is 14.0. The fraction of sp³-hybridized carbons (Fsp3) is 0.600. The van der Waals surface area contributed by atoms with Crippen LogP contribution in [-0.4, -0.2) is 13.1 Å². The van der Waals surface area contributed by atoms with Crippen molar-refractivity contribution in [2.45, 2.75) is 38.5 Å². The summed E-state index contributed by atoms with van der Waals surface area (Å²) in [5.74, 6) is 1.40. The van der Waals surface area contributed by atoms with Crippen molar-refractivity contribution in [2.75, 3.05) is 18.0 Å². The maximum Gasteiger partial charge on any atom is 0.0642 e. The van der Waals surface area contributed by atoms with Crippen LogP contribution in [0.15, 0.2) is 18.2 Å². The fourth-order valence-electron chi connectivity index (χ4n) is 2.82. The number of hydrogen-bond acceptors (Lipinski definition) is 1. The molecule has 1 aromatic rings. The smallest absolute Gasteiger partial charge is 0.0642 e. The van der Waals surface area contributed by atoms with Gasteiger partial charge in [0.2, 0.25) is 0 Å². The predicted octanol–water partition coefficient (Wildman–Crippen LogP) is 5.10. The van der Waals surface area contributed by atoms with Crippen molar-refractivity contribution in [3.8, 4) is 0 Å². The Bertz CT molecular complexity index is 392. The Morgan fingerprint density at radius 3 is 2.83 bits per heavy atom. The average molecular weight is 286 g/mol. The molecule has 0 aliphatic carbocycles. The van der Waals surface area contributed by atoms with E-state index in [2.05, 4.69) is 17.9 Å². The zero-order chi connectivity index (χ0) is 13.0. The molecule has 2 rings (SSSR count). The van der Waals surface area contributed by atoms with Crippen LogP contribution in [-0.2, 0) is 5.88 Å². The average Bonchev–Trinajstić information content (AvgIpc) is 2.63. The summed E-state index contributed by atoms with van der Waals surface area (Å²) in [6.07, 6.45) is 5.15. The van der Waals surface area contributed by atoms with Crippen LogP contribution in [0, 0.1) is 5.92 Å². The molecule has 18 heavy (non-hydrogen) atoms. The summed E-state index contributed by atoms with van der Waals surface area (Å²) in [5.41, 5.74) is 2.31. The summed E-state index contributed by atoms with van der Waals surface area (Å²) in [5, 5.41) is 0.836. The topological polar surface area (TPSA) is 3.24 Å². The first-order valence-electron chi connectivity index (χ1n) is 6.84. The number of rotatable bonds is 3. The third-order valence-electron chi connectivity index (χ3n) is 3.96. The molecule has 1 aromatic carbocycles. The van der Waals surface area contributed by atoms with E-state index in [0.717, 1.165) is 35.3 Å². The highest BCUT2D eigenvalue weighted by Crippen LogP contribution is 2.33. The van der Waals surface area contributed by atoms with Gasteiger partial charge in [-0.25, -0.2) is 0 Å². The zero-order valence-corrected chi connectivity index (χ0v) is 12.5. The Balaban J connectivity index is 2.20. The monoisotopic (exact) mass is 285 g/mol. The summed E-state index contributed by atoms with van der Waals surface area (Å²) >= 11 is 12.4. The van der Waals surface area contributed by atoms with Crippen LogP contribution in [0.1, 0.15) is 38.2 Å². The summed E-state index contributed by atoms with van der Waals surface area (Å²) in [7, 11) is 0. The van der Waals surface area contributed by atoms with E-state index in [0.29, 0.717) is 5.88 Å². The lowest BCUT2D eigenvalue weighted by Gasteiger charge is -2.26. The molecule has 0 spiro atoms. The maximum absolute atomic E-state index is 6.36. The van der Waals surface area contributed by atoms with Gasteiger partial charge in [0.25, 0.3) is 0 Å². The summed E-state index contributed by atoms with van der Waals surface area (Å²) in [6, 6.07) is 6.03. The zero-order valence-electron chi connectivity index (χ0n) is 11.0. The standard InChI is InChI=1S/C15H21Cl2N/c1-2-12-5-4-9-18(10-8-12)15-13(11-16)6-3-7-14(15)17/h3,6-7,12H,2,4-5,8-11H2,1H3. The van der Waals surface area contributed by atoms with E-state index in [-0.39, 0.29) is 0 Å². The van der Waals surface area contributed by atoms with Crippen molar-refractivity contribution >= 4 is 28.9 Å². The van der Waals surface area contributed by atoms with Gasteiger partial charge in [-0.15, -0.1) is 11.6 Å². The lowest BCUT2D eigenvalue weighted by Crippen LogP contribution is -2.25. The maximum atomic E-state index is 6.36. The van der Waals surface area contributed by atoms with Gasteiger partial charge in [0.05, 0.1) is 10.7 Å². The van der Waals surface area contributed by atoms with Gasteiger partial charge in [-0.2, -0.15) is 0 Å². The van der Waals surface area contributed by atoms with E-state index in [9.17, 15) is 0 Å². The summed E-state index contributed by atoms with van der Waals surface area (Å²) in [4.78, 5) is 2.43. The number of nitrogens with zero attached hydrogens (tertiary/aromatic N) is 1. The first-order chi connectivity index (χ1) is 8.76. The van der Waals surface area contributed by atoms with E-state index >= 15 is 0 Å². The van der Waals surface area contributed by atoms with Crippen LogP contribution in [0.3, 0.4) is 0 Å². The van der Waals surface area contributed by atoms with Crippen LogP contribution in [0.5, 0.6) is 0 Å². The summed E-state index contributed by atoms with van der Waals surface area (Å²) in [6.45, 7) is 4.50. The predicted molar refractivity (Wildman–Crippen MR) is 80.9 cm³/mol. The molecule has 3 heteroatoms. The van der Waals surface area contributed by atoms with Gasteiger partial charge in [0.15, 0.2) is 0 Å². The highest BCUT2D eigenvalue weighted by atomic mass is 35.5. The van der Waals surface area contributed by atoms with Gasteiger partial charge in [0.1, 0.15) is 0 Å². The van der Waals surface area contributed by atoms with E-state index in [1.54, 1.807) is 0 Å². The normalized spacial score (nSPS) is 20.8. The summed E-state index contributed by atoms with van der Waals surface area (Å²) < 4.78 is 0. The molecule has 1 saturated heterocycles. The largest absolute Gasteiger partial charge is 0.370 e. The highest BCUT2D eigenvalue weighted by molar-refractivity contribution is 6.33. The number of hydrogen-bond donors (Lipinski definition) is 0. The third-order valence-corrected chi connectivity index (χ3v) is 4.55. The molecule has 1 nitrogen and oxygen atoms in total. The van der Waals surface area contributed by atoms with Gasteiger partial charge < -0.3 is 4.90 Å².